The van der Waals surface area contributed by atoms with Crippen LogP contribution in [0.5, 0.6) is 0 Å². The molecule has 0 bridgehead atoms. The molecule has 2 nitrogen and oxygen atoms in total. The first-order chi connectivity index (χ1) is 8.74. The number of rotatable bonds is 5. The Labute approximate surface area is 109 Å². The van der Waals surface area contributed by atoms with Gasteiger partial charge in [-0.3, -0.25) is 0 Å². The molecule has 1 aromatic carbocycles. The smallest absolute Gasteiger partial charge is 0.334 e. The Kier molecular flexibility index (Phi) is 4.19. The quantitative estimate of drug-likeness (QED) is 0.447. The molecule has 1 fully saturated rings. The summed E-state index contributed by atoms with van der Waals surface area (Å²) >= 11 is 0. The van der Waals surface area contributed by atoms with Gasteiger partial charge in [-0.1, -0.05) is 56.7 Å². The summed E-state index contributed by atoms with van der Waals surface area (Å²) in [6, 6.07) is 10.1. The van der Waals surface area contributed by atoms with Crippen LogP contribution in [0.3, 0.4) is 0 Å². The van der Waals surface area contributed by atoms with Gasteiger partial charge in [0.2, 0.25) is 0 Å². The first-order valence-corrected chi connectivity index (χ1v) is 6.68. The van der Waals surface area contributed by atoms with Gasteiger partial charge in [-0.2, -0.15) is 0 Å². The summed E-state index contributed by atoms with van der Waals surface area (Å²) < 4.78 is 5.45. The minimum atomic E-state index is -0.231. The van der Waals surface area contributed by atoms with Crippen LogP contribution in [0.1, 0.15) is 44.1 Å². The van der Waals surface area contributed by atoms with Crippen molar-refractivity contribution < 1.29 is 9.53 Å². The van der Waals surface area contributed by atoms with Gasteiger partial charge < -0.3 is 4.74 Å². The van der Waals surface area contributed by atoms with E-state index in [1.54, 1.807) is 0 Å². The first kappa shape index (κ1) is 12.9. The number of cyclic esters (lactones) is 1. The molecule has 1 aromatic rings. The zero-order valence-corrected chi connectivity index (χ0v) is 10.9. The Morgan fingerprint density at radius 2 is 1.94 bits per heavy atom. The highest BCUT2D eigenvalue weighted by Crippen LogP contribution is 2.37. The standard InChI is InChI=1S/C16H20O2/c1-3-4-6-11-14-15(12(2)16(17)18-14)13-9-7-5-8-10-13/h5,7-10,14-15H,2-4,6,11H2,1H3. The van der Waals surface area contributed by atoms with E-state index >= 15 is 0 Å². The van der Waals surface area contributed by atoms with Crippen molar-refractivity contribution in [3.05, 3.63) is 48.0 Å². The average molecular weight is 244 g/mol. The Bertz CT molecular complexity index is 422. The monoisotopic (exact) mass is 244 g/mol. The lowest BCUT2D eigenvalue weighted by atomic mass is 9.87. The van der Waals surface area contributed by atoms with E-state index in [0.717, 1.165) is 18.4 Å². The summed E-state index contributed by atoms with van der Waals surface area (Å²) in [4.78, 5) is 11.7. The van der Waals surface area contributed by atoms with E-state index in [0.29, 0.717) is 5.57 Å². The van der Waals surface area contributed by atoms with Crippen molar-refractivity contribution in [3.8, 4) is 0 Å². The lowest BCUT2D eigenvalue weighted by molar-refractivity contribution is -0.139. The van der Waals surface area contributed by atoms with E-state index in [-0.39, 0.29) is 18.0 Å². The van der Waals surface area contributed by atoms with Gasteiger partial charge in [-0.05, 0) is 18.4 Å². The van der Waals surface area contributed by atoms with Crippen molar-refractivity contribution in [2.75, 3.05) is 0 Å². The lowest BCUT2D eigenvalue weighted by Gasteiger charge is -2.17. The van der Waals surface area contributed by atoms with Gasteiger partial charge in [-0.25, -0.2) is 4.79 Å². The van der Waals surface area contributed by atoms with Crippen molar-refractivity contribution in [1.82, 2.24) is 0 Å². The summed E-state index contributed by atoms with van der Waals surface area (Å²) in [5.74, 6) is -0.194. The van der Waals surface area contributed by atoms with Crippen LogP contribution < -0.4 is 0 Å². The van der Waals surface area contributed by atoms with Gasteiger partial charge in [0, 0.05) is 5.57 Å². The van der Waals surface area contributed by atoms with E-state index in [1.165, 1.54) is 12.8 Å². The number of hydrogen-bond donors (Lipinski definition) is 0. The number of benzene rings is 1. The molecular weight excluding hydrogens is 224 g/mol. The maximum atomic E-state index is 11.7. The third-order valence-corrected chi connectivity index (χ3v) is 3.52. The van der Waals surface area contributed by atoms with Crippen molar-refractivity contribution in [1.29, 1.82) is 0 Å². The Morgan fingerprint density at radius 1 is 1.22 bits per heavy atom. The summed E-state index contributed by atoms with van der Waals surface area (Å²) in [5, 5.41) is 0. The molecule has 0 saturated carbocycles. The molecule has 18 heavy (non-hydrogen) atoms. The molecule has 1 aliphatic heterocycles. The number of carbonyl (C=O) groups is 1. The zero-order chi connectivity index (χ0) is 13.0. The molecule has 96 valence electrons. The topological polar surface area (TPSA) is 26.3 Å². The third-order valence-electron chi connectivity index (χ3n) is 3.52. The van der Waals surface area contributed by atoms with Crippen LogP contribution in [0.15, 0.2) is 42.5 Å². The second-order valence-electron chi connectivity index (χ2n) is 4.85. The van der Waals surface area contributed by atoms with Crippen molar-refractivity contribution in [2.45, 2.75) is 44.6 Å². The van der Waals surface area contributed by atoms with E-state index in [4.69, 9.17) is 4.74 Å². The molecule has 0 spiro atoms. The zero-order valence-electron chi connectivity index (χ0n) is 10.9. The second kappa shape index (κ2) is 5.85. The van der Waals surface area contributed by atoms with Crippen LogP contribution in [0, 0.1) is 0 Å². The minimum Gasteiger partial charge on any atom is -0.458 e. The van der Waals surface area contributed by atoms with Gasteiger partial charge in [0.25, 0.3) is 0 Å². The van der Waals surface area contributed by atoms with Crippen LogP contribution in [0.2, 0.25) is 0 Å². The summed E-state index contributed by atoms with van der Waals surface area (Å²) in [7, 11) is 0. The molecule has 2 heteroatoms. The molecule has 2 atom stereocenters. The Balaban J connectivity index is 2.13. The number of carbonyl (C=O) groups excluding carboxylic acids is 1. The fourth-order valence-corrected chi connectivity index (χ4v) is 2.53. The summed E-state index contributed by atoms with van der Waals surface area (Å²) in [6.45, 7) is 6.07. The van der Waals surface area contributed by atoms with Crippen LogP contribution in [0.25, 0.3) is 0 Å². The molecule has 0 aromatic heterocycles. The highest BCUT2D eigenvalue weighted by molar-refractivity contribution is 5.92. The van der Waals surface area contributed by atoms with Crippen molar-refractivity contribution in [3.63, 3.8) is 0 Å². The normalized spacial score (nSPS) is 23.2. The maximum absolute atomic E-state index is 11.7. The van der Waals surface area contributed by atoms with Gasteiger partial charge in [0.15, 0.2) is 0 Å². The van der Waals surface area contributed by atoms with Crippen molar-refractivity contribution >= 4 is 5.97 Å². The number of ether oxygens (including phenoxy) is 1. The fourth-order valence-electron chi connectivity index (χ4n) is 2.53. The van der Waals surface area contributed by atoms with Crippen molar-refractivity contribution in [2.24, 2.45) is 0 Å². The molecule has 0 amide bonds. The highest BCUT2D eigenvalue weighted by atomic mass is 16.6. The molecule has 2 rings (SSSR count). The predicted molar refractivity (Wildman–Crippen MR) is 72.3 cm³/mol. The first-order valence-electron chi connectivity index (χ1n) is 6.68. The molecular formula is C16H20O2. The summed E-state index contributed by atoms with van der Waals surface area (Å²) in [6.07, 6.45) is 4.36. The highest BCUT2D eigenvalue weighted by Gasteiger charge is 2.38. The van der Waals surface area contributed by atoms with Gasteiger partial charge >= 0.3 is 5.97 Å². The molecule has 0 aliphatic carbocycles. The average Bonchev–Trinajstić information content (AvgIpc) is 2.67. The Morgan fingerprint density at radius 3 is 2.61 bits per heavy atom. The van der Waals surface area contributed by atoms with E-state index in [2.05, 4.69) is 13.5 Å². The molecule has 0 N–H and O–H groups in total. The predicted octanol–water partition coefficient (Wildman–Crippen LogP) is 3.83. The van der Waals surface area contributed by atoms with Gasteiger partial charge in [0.05, 0.1) is 5.92 Å². The number of unbranched alkanes of at least 4 members (excludes halogenated alkanes) is 2. The second-order valence-corrected chi connectivity index (χ2v) is 4.85. The largest absolute Gasteiger partial charge is 0.458 e. The third kappa shape index (κ3) is 2.63. The maximum Gasteiger partial charge on any atom is 0.334 e. The van der Waals surface area contributed by atoms with E-state index < -0.39 is 0 Å². The van der Waals surface area contributed by atoms with E-state index in [9.17, 15) is 4.79 Å². The molecule has 1 aliphatic rings. The van der Waals surface area contributed by atoms with Crippen LogP contribution in [-0.2, 0) is 9.53 Å². The van der Waals surface area contributed by atoms with Crippen LogP contribution in [0.4, 0.5) is 0 Å². The molecule has 0 radical (unpaired) electrons. The van der Waals surface area contributed by atoms with Gasteiger partial charge in [0.1, 0.15) is 6.10 Å². The Hall–Kier alpha value is -1.57. The number of hydrogen-bond acceptors (Lipinski definition) is 2. The van der Waals surface area contributed by atoms with E-state index in [1.807, 2.05) is 30.3 Å². The molecule has 1 saturated heterocycles. The SMILES string of the molecule is C=C1C(=O)OC(CCCCC)C1c1ccccc1. The molecule has 1 heterocycles. The van der Waals surface area contributed by atoms with Crippen LogP contribution in [-0.4, -0.2) is 12.1 Å². The summed E-state index contributed by atoms with van der Waals surface area (Å²) in [5.41, 5.74) is 1.73. The van der Waals surface area contributed by atoms with Gasteiger partial charge in [-0.15, -0.1) is 0 Å². The number of esters is 1. The fraction of sp³-hybridized carbons (Fsp3) is 0.438. The molecule has 2 unspecified atom stereocenters. The lowest BCUT2D eigenvalue weighted by Crippen LogP contribution is -2.15. The van der Waals surface area contributed by atoms with Crippen LogP contribution >= 0.6 is 0 Å². The minimum absolute atomic E-state index is 0.0288.